The first-order valence-corrected chi connectivity index (χ1v) is 9.20. The fourth-order valence-electron chi connectivity index (χ4n) is 2.36. The maximum Gasteiger partial charge on any atom is 0.364 e. The molecule has 0 saturated heterocycles. The van der Waals surface area contributed by atoms with E-state index in [9.17, 15) is 14.0 Å². The van der Waals surface area contributed by atoms with Gasteiger partial charge in [-0.3, -0.25) is 4.79 Å². The first-order valence-electron chi connectivity index (χ1n) is 8.82. The topological polar surface area (TPSA) is 95.7 Å². The van der Waals surface area contributed by atoms with Gasteiger partial charge in [0.25, 0.3) is 5.88 Å². The van der Waals surface area contributed by atoms with E-state index in [1.54, 1.807) is 37.3 Å². The average Bonchev–Trinajstić information content (AvgIpc) is 3.14. The Bertz CT molecular complexity index is 1080. The van der Waals surface area contributed by atoms with Crippen LogP contribution in [-0.4, -0.2) is 46.3 Å². The van der Waals surface area contributed by atoms with Gasteiger partial charge in [0, 0.05) is 10.6 Å². The Labute approximate surface area is 175 Å². The third-order valence-electron chi connectivity index (χ3n) is 3.75. The number of carbonyl (C=O) groups is 2. The molecule has 0 spiro atoms. The van der Waals surface area contributed by atoms with E-state index in [-0.39, 0.29) is 24.0 Å². The smallest absolute Gasteiger partial charge is 0.364 e. The largest absolute Gasteiger partial charge is 0.466 e. The number of aromatic nitrogens is 3. The van der Waals surface area contributed by atoms with Gasteiger partial charge in [-0.1, -0.05) is 28.5 Å². The molecule has 0 aliphatic heterocycles. The van der Waals surface area contributed by atoms with Gasteiger partial charge in [0.05, 0.1) is 12.8 Å². The monoisotopic (exact) mass is 430 g/mol. The molecule has 0 radical (unpaired) electrons. The van der Waals surface area contributed by atoms with Gasteiger partial charge < -0.3 is 9.47 Å². The Morgan fingerprint density at radius 2 is 2.00 bits per heavy atom. The molecule has 154 valence electrons. The van der Waals surface area contributed by atoms with E-state index in [0.29, 0.717) is 16.1 Å². The molecule has 0 amide bonds. The van der Waals surface area contributed by atoms with E-state index >= 15 is 0 Å². The minimum Gasteiger partial charge on any atom is -0.466 e. The fourth-order valence-corrected chi connectivity index (χ4v) is 2.48. The molecule has 0 fully saturated rings. The Hall–Kier alpha value is -3.59. The van der Waals surface area contributed by atoms with E-state index in [1.807, 2.05) is 0 Å². The number of ketones is 1. The van der Waals surface area contributed by atoms with E-state index < -0.39 is 18.4 Å². The van der Waals surface area contributed by atoms with Gasteiger partial charge in [-0.2, -0.15) is 5.10 Å². The van der Waals surface area contributed by atoms with Crippen LogP contribution in [-0.2, 0) is 4.74 Å². The Kier molecular flexibility index (Phi) is 6.87. The molecule has 0 saturated carbocycles. The van der Waals surface area contributed by atoms with Gasteiger partial charge in [-0.05, 0) is 54.1 Å². The third kappa shape index (κ3) is 5.26. The summed E-state index contributed by atoms with van der Waals surface area (Å²) in [6.07, 6.45) is 1.31. The van der Waals surface area contributed by atoms with Crippen molar-refractivity contribution in [3.63, 3.8) is 0 Å². The zero-order valence-electron chi connectivity index (χ0n) is 15.8. The molecule has 0 aliphatic rings. The van der Waals surface area contributed by atoms with E-state index in [1.165, 1.54) is 24.4 Å². The quantitative estimate of drug-likeness (QED) is 0.309. The molecule has 0 unspecified atom stereocenters. The molecule has 3 aromatic rings. The predicted molar refractivity (Wildman–Crippen MR) is 107 cm³/mol. The number of benzene rings is 2. The van der Waals surface area contributed by atoms with Crippen LogP contribution in [0.2, 0.25) is 5.02 Å². The van der Waals surface area contributed by atoms with Crippen LogP contribution in [0.3, 0.4) is 0 Å². The lowest BCUT2D eigenvalue weighted by atomic mass is 10.1. The standard InChI is InChI=1S/C20H16ClFN4O4/c1-2-29-20(28)18-19(30-12-17(27)14-6-8-15(21)9-7-14)26(25-24-18)23-11-13-4-3-5-16(22)10-13/h3-11H,2,12H2,1H3/b23-11+. The predicted octanol–water partition coefficient (Wildman–Crippen LogP) is 3.39. The molecule has 0 N–H and O–H groups in total. The van der Waals surface area contributed by atoms with Crippen molar-refractivity contribution in [2.45, 2.75) is 6.92 Å². The van der Waals surface area contributed by atoms with Crippen LogP contribution in [0, 0.1) is 5.82 Å². The number of nitrogens with zero attached hydrogens (tertiary/aromatic N) is 4. The summed E-state index contributed by atoms with van der Waals surface area (Å²) in [5, 5.41) is 12.0. The van der Waals surface area contributed by atoms with E-state index in [0.717, 1.165) is 4.79 Å². The Morgan fingerprint density at radius 1 is 1.23 bits per heavy atom. The van der Waals surface area contributed by atoms with E-state index in [2.05, 4.69) is 15.4 Å². The molecule has 30 heavy (non-hydrogen) atoms. The summed E-state index contributed by atoms with van der Waals surface area (Å²) in [6, 6.07) is 12.0. The molecule has 0 aliphatic carbocycles. The second kappa shape index (κ2) is 9.75. The minimum atomic E-state index is -0.779. The lowest BCUT2D eigenvalue weighted by molar-refractivity contribution is 0.0512. The van der Waals surface area contributed by atoms with Crippen molar-refractivity contribution in [2.75, 3.05) is 13.2 Å². The van der Waals surface area contributed by atoms with Gasteiger partial charge in [0.15, 0.2) is 12.4 Å². The van der Waals surface area contributed by atoms with Crippen LogP contribution in [0.25, 0.3) is 0 Å². The molecule has 0 bridgehead atoms. The summed E-state index contributed by atoms with van der Waals surface area (Å²) in [4.78, 5) is 25.4. The number of ether oxygens (including phenoxy) is 2. The van der Waals surface area contributed by atoms with E-state index in [4.69, 9.17) is 21.1 Å². The Morgan fingerprint density at radius 3 is 2.70 bits per heavy atom. The molecular formula is C20H16ClFN4O4. The van der Waals surface area contributed by atoms with Crippen molar-refractivity contribution in [1.82, 2.24) is 15.1 Å². The average molecular weight is 431 g/mol. The van der Waals surface area contributed by atoms with Crippen molar-refractivity contribution in [1.29, 1.82) is 0 Å². The maximum atomic E-state index is 13.3. The number of hydrogen-bond donors (Lipinski definition) is 0. The molecular weight excluding hydrogens is 415 g/mol. The number of esters is 1. The number of Topliss-reactive ketones (excluding diaryl/α,β-unsaturated/α-hetero) is 1. The van der Waals surface area contributed by atoms with Crippen molar-refractivity contribution in [3.8, 4) is 5.88 Å². The summed E-state index contributed by atoms with van der Waals surface area (Å²) in [6.45, 7) is 1.34. The van der Waals surface area contributed by atoms with Crippen LogP contribution in [0.5, 0.6) is 5.88 Å². The fraction of sp³-hybridized carbons (Fsp3) is 0.150. The number of rotatable bonds is 8. The molecule has 1 aromatic heterocycles. The summed E-state index contributed by atoms with van der Waals surface area (Å²) in [5.41, 5.74) is 0.586. The second-order valence-electron chi connectivity index (χ2n) is 5.87. The Balaban J connectivity index is 1.84. The van der Waals surface area contributed by atoms with Crippen molar-refractivity contribution >= 4 is 29.6 Å². The van der Waals surface area contributed by atoms with Crippen LogP contribution in [0.4, 0.5) is 4.39 Å². The summed E-state index contributed by atoms with van der Waals surface area (Å²) in [7, 11) is 0. The number of hydrogen-bond acceptors (Lipinski definition) is 7. The lowest BCUT2D eigenvalue weighted by Gasteiger charge is -2.07. The molecule has 10 heteroatoms. The van der Waals surface area contributed by atoms with Crippen LogP contribution >= 0.6 is 11.6 Å². The third-order valence-corrected chi connectivity index (χ3v) is 4.01. The van der Waals surface area contributed by atoms with Crippen LogP contribution in [0.15, 0.2) is 53.6 Å². The van der Waals surface area contributed by atoms with Crippen molar-refractivity contribution in [2.24, 2.45) is 5.10 Å². The highest BCUT2D eigenvalue weighted by Crippen LogP contribution is 2.18. The maximum absolute atomic E-state index is 13.3. The minimum absolute atomic E-state index is 0.112. The highest BCUT2D eigenvalue weighted by molar-refractivity contribution is 6.30. The van der Waals surface area contributed by atoms with Gasteiger partial charge in [-0.15, -0.1) is 5.10 Å². The van der Waals surface area contributed by atoms with Gasteiger partial charge in [-0.25, -0.2) is 9.18 Å². The molecule has 8 nitrogen and oxygen atoms in total. The second-order valence-corrected chi connectivity index (χ2v) is 6.31. The number of carbonyl (C=O) groups excluding carboxylic acids is 2. The summed E-state index contributed by atoms with van der Waals surface area (Å²) in [5.74, 6) is -1.75. The lowest BCUT2D eigenvalue weighted by Crippen LogP contribution is -2.15. The van der Waals surface area contributed by atoms with Gasteiger partial charge in [0.2, 0.25) is 5.69 Å². The summed E-state index contributed by atoms with van der Waals surface area (Å²) >= 11 is 5.82. The zero-order chi connectivity index (χ0) is 21.5. The first-order chi connectivity index (χ1) is 14.5. The number of halogens is 2. The molecule has 1 heterocycles. The highest BCUT2D eigenvalue weighted by Gasteiger charge is 2.23. The molecule has 3 rings (SSSR count). The molecule has 0 atom stereocenters. The van der Waals surface area contributed by atoms with Crippen molar-refractivity contribution in [3.05, 3.63) is 76.2 Å². The summed E-state index contributed by atoms with van der Waals surface area (Å²) < 4.78 is 23.8. The van der Waals surface area contributed by atoms with Gasteiger partial charge in [0.1, 0.15) is 5.82 Å². The molecule has 2 aromatic carbocycles. The SMILES string of the molecule is CCOC(=O)c1nnn(/N=C/c2cccc(F)c2)c1OCC(=O)c1ccc(Cl)cc1. The first kappa shape index (κ1) is 21.1. The van der Waals surface area contributed by atoms with Crippen LogP contribution in [0.1, 0.15) is 33.3 Å². The van der Waals surface area contributed by atoms with Crippen molar-refractivity contribution < 1.29 is 23.5 Å². The highest BCUT2D eigenvalue weighted by atomic mass is 35.5. The van der Waals surface area contributed by atoms with Crippen LogP contribution < -0.4 is 4.74 Å². The zero-order valence-corrected chi connectivity index (χ0v) is 16.5. The van der Waals surface area contributed by atoms with Gasteiger partial charge >= 0.3 is 5.97 Å². The normalized spacial score (nSPS) is 10.9.